The number of aromatic nitrogens is 1. The molecule has 6 heteroatoms. The highest BCUT2D eigenvalue weighted by Gasteiger charge is 2.19. The van der Waals surface area contributed by atoms with Crippen molar-refractivity contribution in [2.24, 2.45) is 0 Å². The van der Waals surface area contributed by atoms with Crippen molar-refractivity contribution in [3.8, 4) is 16.9 Å². The second-order valence-electron chi connectivity index (χ2n) is 7.31. The van der Waals surface area contributed by atoms with Gasteiger partial charge in [0.25, 0.3) is 0 Å². The van der Waals surface area contributed by atoms with Gasteiger partial charge in [-0.25, -0.2) is 9.37 Å². The lowest BCUT2D eigenvalue weighted by Crippen LogP contribution is -2.23. The van der Waals surface area contributed by atoms with Crippen LogP contribution in [0.4, 0.5) is 10.2 Å². The third-order valence-corrected chi connectivity index (χ3v) is 5.44. The average Bonchev–Trinajstić information content (AvgIpc) is 3.16. The predicted octanol–water partition coefficient (Wildman–Crippen LogP) is 4.85. The van der Waals surface area contributed by atoms with Gasteiger partial charge < -0.3 is 9.64 Å². The van der Waals surface area contributed by atoms with E-state index in [0.717, 1.165) is 31.1 Å². The number of hydrogen-bond donors (Lipinski definition) is 0. The Morgan fingerprint density at radius 3 is 2.66 bits per heavy atom. The highest BCUT2D eigenvalue weighted by atomic mass is 35.5. The molecule has 1 fully saturated rings. The number of anilines is 1. The first-order valence-corrected chi connectivity index (χ1v) is 9.92. The van der Waals surface area contributed by atoms with Gasteiger partial charge in [-0.05, 0) is 48.0 Å². The number of nitrogens with zero attached hydrogens (tertiary/aromatic N) is 3. The number of ether oxygens (including phenoxy) is 1. The molecule has 150 valence electrons. The first-order valence-electron chi connectivity index (χ1n) is 9.55. The molecule has 29 heavy (non-hydrogen) atoms. The van der Waals surface area contributed by atoms with E-state index in [1.807, 2.05) is 30.5 Å². The normalized spacial score (nSPS) is 14.4. The van der Waals surface area contributed by atoms with Crippen LogP contribution >= 0.6 is 11.6 Å². The summed E-state index contributed by atoms with van der Waals surface area (Å²) in [4.78, 5) is 9.06. The lowest BCUT2D eigenvalue weighted by atomic mass is 9.97. The SMILES string of the molecule is COc1ccc(Cc2ccc(N3CCN(C)C3)nc2)c(F)c1-c1cccc(Cl)c1. The smallest absolute Gasteiger partial charge is 0.138 e. The van der Waals surface area contributed by atoms with Crippen LogP contribution in [0.15, 0.2) is 54.7 Å². The zero-order valence-corrected chi connectivity index (χ0v) is 17.3. The fourth-order valence-electron chi connectivity index (χ4n) is 3.66. The van der Waals surface area contributed by atoms with Gasteiger partial charge >= 0.3 is 0 Å². The number of halogens is 2. The molecule has 1 aliphatic heterocycles. The van der Waals surface area contributed by atoms with E-state index in [0.29, 0.717) is 33.9 Å². The van der Waals surface area contributed by atoms with Crippen LogP contribution in [0.5, 0.6) is 5.75 Å². The molecule has 0 amide bonds. The summed E-state index contributed by atoms with van der Waals surface area (Å²) in [6, 6.07) is 14.8. The second-order valence-corrected chi connectivity index (χ2v) is 7.75. The van der Waals surface area contributed by atoms with Crippen LogP contribution in [0.2, 0.25) is 5.02 Å². The van der Waals surface area contributed by atoms with Crippen molar-refractivity contribution in [1.29, 1.82) is 0 Å². The molecular weight excluding hydrogens is 389 g/mol. The molecule has 4 nitrogen and oxygen atoms in total. The number of hydrogen-bond acceptors (Lipinski definition) is 4. The molecule has 0 aliphatic carbocycles. The third kappa shape index (κ3) is 4.21. The molecule has 2 heterocycles. The molecule has 1 aliphatic rings. The quantitative estimate of drug-likeness (QED) is 0.600. The van der Waals surface area contributed by atoms with Crippen molar-refractivity contribution < 1.29 is 9.13 Å². The molecule has 0 unspecified atom stereocenters. The van der Waals surface area contributed by atoms with Gasteiger partial charge in [-0.2, -0.15) is 0 Å². The van der Waals surface area contributed by atoms with Crippen LogP contribution in [0.25, 0.3) is 11.1 Å². The Labute approximate surface area is 175 Å². The summed E-state index contributed by atoms with van der Waals surface area (Å²) in [6.07, 6.45) is 2.28. The van der Waals surface area contributed by atoms with Crippen LogP contribution in [-0.4, -0.2) is 43.8 Å². The predicted molar refractivity (Wildman–Crippen MR) is 115 cm³/mol. The summed E-state index contributed by atoms with van der Waals surface area (Å²) >= 11 is 6.11. The van der Waals surface area contributed by atoms with Crippen LogP contribution in [0.1, 0.15) is 11.1 Å². The maximum Gasteiger partial charge on any atom is 0.138 e. The van der Waals surface area contributed by atoms with E-state index >= 15 is 4.39 Å². The summed E-state index contributed by atoms with van der Waals surface area (Å²) in [5.41, 5.74) is 2.68. The first kappa shape index (κ1) is 19.7. The summed E-state index contributed by atoms with van der Waals surface area (Å²) < 4.78 is 20.8. The van der Waals surface area contributed by atoms with Gasteiger partial charge in [0.15, 0.2) is 0 Å². The maximum atomic E-state index is 15.4. The van der Waals surface area contributed by atoms with Gasteiger partial charge in [0, 0.05) is 30.7 Å². The van der Waals surface area contributed by atoms with E-state index in [2.05, 4.69) is 21.8 Å². The van der Waals surface area contributed by atoms with Gasteiger partial charge in [0.05, 0.1) is 19.3 Å². The van der Waals surface area contributed by atoms with Crippen molar-refractivity contribution in [2.45, 2.75) is 6.42 Å². The molecule has 4 rings (SSSR count). The first-order chi connectivity index (χ1) is 14.0. The van der Waals surface area contributed by atoms with Crippen molar-refractivity contribution in [3.63, 3.8) is 0 Å². The molecule has 0 spiro atoms. The van der Waals surface area contributed by atoms with Gasteiger partial charge in [-0.3, -0.25) is 4.90 Å². The zero-order valence-electron chi connectivity index (χ0n) is 16.5. The topological polar surface area (TPSA) is 28.6 Å². The van der Waals surface area contributed by atoms with Gasteiger partial charge in [-0.15, -0.1) is 0 Å². The Balaban J connectivity index is 1.61. The molecule has 0 bridgehead atoms. The molecule has 1 aromatic heterocycles. The zero-order chi connectivity index (χ0) is 20.4. The van der Waals surface area contributed by atoms with Crippen LogP contribution in [-0.2, 0) is 6.42 Å². The van der Waals surface area contributed by atoms with Gasteiger partial charge in [0.1, 0.15) is 17.4 Å². The summed E-state index contributed by atoms with van der Waals surface area (Å²) in [7, 11) is 3.64. The number of likely N-dealkylation sites (N-methyl/N-ethyl adjacent to an activating group) is 1. The number of benzene rings is 2. The van der Waals surface area contributed by atoms with Gasteiger partial charge in [-0.1, -0.05) is 35.9 Å². The van der Waals surface area contributed by atoms with Crippen molar-refractivity contribution in [1.82, 2.24) is 9.88 Å². The van der Waals surface area contributed by atoms with Crippen molar-refractivity contribution in [3.05, 3.63) is 76.7 Å². The van der Waals surface area contributed by atoms with E-state index in [1.165, 1.54) is 0 Å². The van der Waals surface area contributed by atoms with Crippen LogP contribution in [0.3, 0.4) is 0 Å². The molecule has 2 aromatic carbocycles. The molecular formula is C23H23ClFN3O. The van der Waals surface area contributed by atoms with Crippen molar-refractivity contribution in [2.75, 3.05) is 38.8 Å². The Morgan fingerprint density at radius 1 is 1.14 bits per heavy atom. The Hall–Kier alpha value is -2.63. The number of rotatable bonds is 5. The second kappa shape index (κ2) is 8.39. The third-order valence-electron chi connectivity index (χ3n) is 5.21. The molecule has 0 radical (unpaired) electrons. The highest BCUT2D eigenvalue weighted by Crippen LogP contribution is 2.36. The monoisotopic (exact) mass is 411 g/mol. The minimum absolute atomic E-state index is 0.295. The lowest BCUT2D eigenvalue weighted by Gasteiger charge is -2.17. The Morgan fingerprint density at radius 2 is 2.00 bits per heavy atom. The van der Waals surface area contributed by atoms with E-state index < -0.39 is 0 Å². The standard InChI is InChI=1S/C23H23ClFN3O/c1-27-10-11-28(15-27)21-9-6-16(14-26-21)12-18-7-8-20(29-2)22(23(18)25)17-4-3-5-19(24)13-17/h3-9,13-14H,10-12,15H2,1-2H3. The van der Waals surface area contributed by atoms with Crippen LogP contribution in [0, 0.1) is 5.82 Å². The van der Waals surface area contributed by atoms with E-state index in [1.54, 1.807) is 31.4 Å². The van der Waals surface area contributed by atoms with E-state index in [4.69, 9.17) is 16.3 Å². The summed E-state index contributed by atoms with van der Waals surface area (Å²) in [5, 5.41) is 0.557. The Bertz CT molecular complexity index is 1010. The number of pyridine rings is 1. The maximum absolute atomic E-state index is 15.4. The van der Waals surface area contributed by atoms with Crippen molar-refractivity contribution >= 4 is 17.4 Å². The summed E-state index contributed by atoms with van der Waals surface area (Å²) in [5.74, 6) is 1.14. The fraction of sp³-hybridized carbons (Fsp3) is 0.261. The van der Waals surface area contributed by atoms with E-state index in [9.17, 15) is 0 Å². The number of methoxy groups -OCH3 is 1. The molecule has 0 N–H and O–H groups in total. The molecule has 1 saturated heterocycles. The summed E-state index contributed by atoms with van der Waals surface area (Å²) in [6.45, 7) is 2.88. The Kier molecular flexibility index (Phi) is 5.69. The molecule has 0 saturated carbocycles. The lowest BCUT2D eigenvalue weighted by molar-refractivity contribution is 0.413. The minimum atomic E-state index is -0.295. The average molecular weight is 412 g/mol. The van der Waals surface area contributed by atoms with Crippen LogP contribution < -0.4 is 9.64 Å². The molecule has 0 atom stereocenters. The van der Waals surface area contributed by atoms with E-state index in [-0.39, 0.29) is 5.82 Å². The fourth-order valence-corrected chi connectivity index (χ4v) is 3.85. The largest absolute Gasteiger partial charge is 0.496 e. The minimum Gasteiger partial charge on any atom is -0.496 e. The van der Waals surface area contributed by atoms with Gasteiger partial charge in [0.2, 0.25) is 0 Å². The molecule has 3 aromatic rings. The highest BCUT2D eigenvalue weighted by molar-refractivity contribution is 6.30.